The van der Waals surface area contributed by atoms with E-state index < -0.39 is 23.4 Å². The lowest BCUT2D eigenvalue weighted by Gasteiger charge is -2.36. The van der Waals surface area contributed by atoms with Crippen LogP contribution in [0.2, 0.25) is 0 Å². The molecule has 0 aliphatic carbocycles. The van der Waals surface area contributed by atoms with Crippen molar-refractivity contribution in [2.75, 3.05) is 56.7 Å². The number of nitrogens with zero attached hydrogens (tertiary/aromatic N) is 2. The molecule has 7 nitrogen and oxygen atoms in total. The third-order valence-electron chi connectivity index (χ3n) is 6.16. The molecule has 1 fully saturated rings. The monoisotopic (exact) mass is 458 g/mol. The van der Waals surface area contributed by atoms with E-state index in [1.807, 2.05) is 0 Å². The largest absolute Gasteiger partial charge is 0.379 e. The molecule has 2 aliphatic heterocycles. The van der Waals surface area contributed by atoms with E-state index >= 15 is 0 Å². The average Bonchev–Trinajstić information content (AvgIpc) is 2.82. The van der Waals surface area contributed by atoms with E-state index in [1.165, 1.54) is 11.3 Å². The zero-order valence-corrected chi connectivity index (χ0v) is 18.6. The van der Waals surface area contributed by atoms with Gasteiger partial charge in [0.1, 0.15) is 11.6 Å². The molecule has 1 saturated heterocycles. The van der Waals surface area contributed by atoms with Gasteiger partial charge in [-0.3, -0.25) is 14.5 Å². The summed E-state index contributed by atoms with van der Waals surface area (Å²) in [5.74, 6) is -3.48. The summed E-state index contributed by atoms with van der Waals surface area (Å²) in [7, 11) is 2.08. The molecule has 0 bridgehead atoms. The van der Waals surface area contributed by atoms with Gasteiger partial charge >= 0.3 is 11.8 Å². The molecule has 2 aliphatic rings. The Labute approximate surface area is 191 Å². The van der Waals surface area contributed by atoms with Gasteiger partial charge in [-0.15, -0.1) is 0 Å². The highest BCUT2D eigenvalue weighted by molar-refractivity contribution is 6.39. The number of fused-ring (bicyclic) bond motifs is 1. The highest BCUT2D eigenvalue weighted by Crippen LogP contribution is 2.31. The van der Waals surface area contributed by atoms with Crippen LogP contribution >= 0.6 is 0 Å². The van der Waals surface area contributed by atoms with Gasteiger partial charge in [0.25, 0.3) is 0 Å². The highest BCUT2D eigenvalue weighted by Gasteiger charge is 2.26. The van der Waals surface area contributed by atoms with Gasteiger partial charge in [-0.1, -0.05) is 12.1 Å². The lowest BCUT2D eigenvalue weighted by atomic mass is 9.95. The van der Waals surface area contributed by atoms with Gasteiger partial charge in [0, 0.05) is 45.0 Å². The molecular formula is C24H28F2N4O3. The molecule has 0 unspecified atom stereocenters. The number of morpholine rings is 1. The number of anilines is 2. The van der Waals surface area contributed by atoms with Gasteiger partial charge in [-0.25, -0.2) is 8.78 Å². The van der Waals surface area contributed by atoms with E-state index in [4.69, 9.17) is 4.74 Å². The Morgan fingerprint density at radius 2 is 1.85 bits per heavy atom. The molecule has 0 aromatic heterocycles. The van der Waals surface area contributed by atoms with Gasteiger partial charge in [-0.05, 0) is 42.2 Å². The summed E-state index contributed by atoms with van der Waals surface area (Å²) in [6.45, 7) is 3.83. The summed E-state index contributed by atoms with van der Waals surface area (Å²) < 4.78 is 32.6. The quantitative estimate of drug-likeness (QED) is 0.674. The Kier molecular flexibility index (Phi) is 7.20. The van der Waals surface area contributed by atoms with Crippen LogP contribution in [-0.2, 0) is 20.7 Å². The lowest BCUT2D eigenvalue weighted by Crippen LogP contribution is -2.45. The normalized spacial score (nSPS) is 17.2. The molecule has 2 aromatic rings. The first-order valence-electron chi connectivity index (χ1n) is 11.1. The maximum Gasteiger partial charge on any atom is 0.313 e. The summed E-state index contributed by atoms with van der Waals surface area (Å²) in [5, 5.41) is 4.80. The minimum Gasteiger partial charge on any atom is -0.379 e. The maximum absolute atomic E-state index is 13.8. The molecule has 1 atom stereocenters. The first-order valence-corrected chi connectivity index (χ1v) is 11.1. The summed E-state index contributed by atoms with van der Waals surface area (Å²) in [6, 6.07) is 8.88. The smallest absolute Gasteiger partial charge is 0.313 e. The Morgan fingerprint density at radius 1 is 1.06 bits per heavy atom. The van der Waals surface area contributed by atoms with Crippen LogP contribution in [0.15, 0.2) is 36.4 Å². The molecule has 2 aromatic carbocycles. The number of aryl methyl sites for hydroxylation is 1. The SMILES string of the molecule is CN1CCCc2cc([C@@H](CNC(=O)C(=O)Nc3cc(F)ccc3F)N3CCOCC3)ccc21. The average molecular weight is 459 g/mol. The fourth-order valence-electron chi connectivity index (χ4n) is 4.40. The number of carbonyl (C=O) groups is 2. The summed E-state index contributed by atoms with van der Waals surface area (Å²) in [6.07, 6.45) is 2.08. The first-order chi connectivity index (χ1) is 15.9. The molecule has 4 rings (SSSR count). The van der Waals surface area contributed by atoms with Gasteiger partial charge < -0.3 is 20.3 Å². The molecule has 2 N–H and O–H groups in total. The van der Waals surface area contributed by atoms with Crippen molar-refractivity contribution in [3.63, 3.8) is 0 Å². The lowest BCUT2D eigenvalue weighted by molar-refractivity contribution is -0.136. The van der Waals surface area contributed by atoms with Gasteiger partial charge in [-0.2, -0.15) is 0 Å². The number of ether oxygens (including phenoxy) is 1. The maximum atomic E-state index is 13.8. The van der Waals surface area contributed by atoms with Crippen LogP contribution in [0, 0.1) is 11.6 Å². The van der Waals surface area contributed by atoms with Crippen molar-refractivity contribution < 1.29 is 23.1 Å². The van der Waals surface area contributed by atoms with E-state index in [0.717, 1.165) is 43.1 Å². The zero-order chi connectivity index (χ0) is 23.4. The molecule has 9 heteroatoms. The number of amides is 2. The predicted octanol–water partition coefficient (Wildman–Crippen LogP) is 2.48. The number of nitrogens with one attached hydrogen (secondary N) is 2. The minimum absolute atomic E-state index is 0.144. The number of carbonyl (C=O) groups excluding carboxylic acids is 2. The van der Waals surface area contributed by atoms with Crippen molar-refractivity contribution in [3.05, 3.63) is 59.2 Å². The highest BCUT2D eigenvalue weighted by atomic mass is 19.1. The van der Waals surface area contributed by atoms with E-state index in [0.29, 0.717) is 26.3 Å². The molecule has 0 saturated carbocycles. The van der Waals surface area contributed by atoms with Crippen LogP contribution in [0.1, 0.15) is 23.6 Å². The second kappa shape index (κ2) is 10.3. The van der Waals surface area contributed by atoms with Crippen LogP contribution in [0.25, 0.3) is 0 Å². The second-order valence-electron chi connectivity index (χ2n) is 8.37. The third-order valence-corrected chi connectivity index (χ3v) is 6.16. The van der Waals surface area contributed by atoms with Crippen molar-refractivity contribution in [3.8, 4) is 0 Å². The molecule has 2 amide bonds. The van der Waals surface area contributed by atoms with Crippen molar-refractivity contribution in [1.29, 1.82) is 0 Å². The van der Waals surface area contributed by atoms with Crippen molar-refractivity contribution in [2.24, 2.45) is 0 Å². The second-order valence-corrected chi connectivity index (χ2v) is 8.37. The Morgan fingerprint density at radius 3 is 2.64 bits per heavy atom. The van der Waals surface area contributed by atoms with Crippen molar-refractivity contribution in [1.82, 2.24) is 10.2 Å². The summed E-state index contributed by atoms with van der Waals surface area (Å²) >= 11 is 0. The first kappa shape index (κ1) is 23.1. The minimum atomic E-state index is -1.05. The van der Waals surface area contributed by atoms with Gasteiger partial charge in [0.05, 0.1) is 24.9 Å². The van der Waals surface area contributed by atoms with Crippen LogP contribution in [0.5, 0.6) is 0 Å². The number of hydrogen-bond donors (Lipinski definition) is 2. The third kappa shape index (κ3) is 5.48. The topological polar surface area (TPSA) is 73.9 Å². The zero-order valence-electron chi connectivity index (χ0n) is 18.6. The van der Waals surface area contributed by atoms with Crippen molar-refractivity contribution in [2.45, 2.75) is 18.9 Å². The molecule has 33 heavy (non-hydrogen) atoms. The number of benzene rings is 2. The van der Waals surface area contributed by atoms with E-state index in [2.05, 4.69) is 45.7 Å². The molecule has 0 radical (unpaired) electrons. The number of rotatable bonds is 5. The van der Waals surface area contributed by atoms with E-state index in [1.54, 1.807) is 0 Å². The molecular weight excluding hydrogens is 430 g/mol. The Balaban J connectivity index is 1.47. The van der Waals surface area contributed by atoms with Crippen molar-refractivity contribution >= 4 is 23.2 Å². The van der Waals surface area contributed by atoms with E-state index in [-0.39, 0.29) is 18.3 Å². The van der Waals surface area contributed by atoms with Gasteiger partial charge in [0.2, 0.25) is 0 Å². The fraction of sp³-hybridized carbons (Fsp3) is 0.417. The van der Waals surface area contributed by atoms with Crippen LogP contribution in [0.3, 0.4) is 0 Å². The summed E-state index contributed by atoms with van der Waals surface area (Å²) in [5.41, 5.74) is 3.16. The summed E-state index contributed by atoms with van der Waals surface area (Å²) in [4.78, 5) is 29.2. The Hall–Kier alpha value is -3.04. The van der Waals surface area contributed by atoms with Crippen LogP contribution < -0.4 is 15.5 Å². The predicted molar refractivity (Wildman–Crippen MR) is 121 cm³/mol. The van der Waals surface area contributed by atoms with Crippen LogP contribution in [-0.4, -0.2) is 63.2 Å². The van der Waals surface area contributed by atoms with E-state index in [9.17, 15) is 18.4 Å². The fourth-order valence-corrected chi connectivity index (χ4v) is 4.40. The standard InChI is InChI=1S/C24H28F2N4O3/c1-29-8-2-3-16-13-17(4-7-21(16)29)22(30-9-11-33-12-10-30)15-27-23(31)24(32)28-20-14-18(25)5-6-19(20)26/h4-7,13-14,22H,2-3,8-12,15H2,1H3,(H,27,31)(H,28,32)/t22-/m1/s1. The molecule has 2 heterocycles. The Bertz CT molecular complexity index is 1030. The van der Waals surface area contributed by atoms with Crippen LogP contribution in [0.4, 0.5) is 20.2 Å². The molecule has 176 valence electrons. The number of hydrogen-bond acceptors (Lipinski definition) is 5. The number of halogens is 2. The van der Waals surface area contributed by atoms with Gasteiger partial charge in [0.15, 0.2) is 0 Å². The molecule has 0 spiro atoms.